The van der Waals surface area contributed by atoms with Crippen LogP contribution in [0.4, 0.5) is 15.8 Å². The predicted molar refractivity (Wildman–Crippen MR) is 80.1 cm³/mol. The van der Waals surface area contributed by atoms with Crippen molar-refractivity contribution in [2.75, 3.05) is 5.32 Å². The van der Waals surface area contributed by atoms with Gasteiger partial charge in [0.25, 0.3) is 11.6 Å². The van der Waals surface area contributed by atoms with Crippen LogP contribution in [0.2, 0.25) is 0 Å². The number of benzene rings is 2. The summed E-state index contributed by atoms with van der Waals surface area (Å²) in [5.41, 5.74) is 0.993. The molecule has 0 spiro atoms. The van der Waals surface area contributed by atoms with Gasteiger partial charge in [0.15, 0.2) is 0 Å². The number of nitrogens with one attached hydrogen (secondary N) is 1. The lowest BCUT2D eigenvalue weighted by Gasteiger charge is -2.06. The number of nitro groups is 1. The Kier molecular flexibility index (Phi) is 4.64. The number of amides is 1. The third-order valence-electron chi connectivity index (χ3n) is 2.72. The van der Waals surface area contributed by atoms with Crippen LogP contribution in [0.1, 0.15) is 15.9 Å². The first kappa shape index (κ1) is 15.1. The number of alkyl halides is 1. The summed E-state index contributed by atoms with van der Waals surface area (Å²) in [7, 11) is 0. The smallest absolute Gasteiger partial charge is 0.273 e. The van der Waals surface area contributed by atoms with E-state index in [4.69, 9.17) is 0 Å². The first-order valence-corrected chi connectivity index (χ1v) is 7.03. The van der Waals surface area contributed by atoms with Gasteiger partial charge in [-0.05, 0) is 23.8 Å². The van der Waals surface area contributed by atoms with E-state index in [1.165, 1.54) is 0 Å². The van der Waals surface area contributed by atoms with Crippen LogP contribution in [0.15, 0.2) is 42.5 Å². The summed E-state index contributed by atoms with van der Waals surface area (Å²) in [4.78, 5) is 21.9. The van der Waals surface area contributed by atoms with Gasteiger partial charge < -0.3 is 5.32 Å². The lowest BCUT2D eigenvalue weighted by molar-refractivity contribution is -0.385. The Bertz CT molecular complexity index is 689. The van der Waals surface area contributed by atoms with E-state index < -0.39 is 22.3 Å². The maximum Gasteiger partial charge on any atom is 0.273 e. The molecule has 0 fully saturated rings. The second kappa shape index (κ2) is 6.45. The lowest BCUT2D eigenvalue weighted by atomic mass is 10.1. The Morgan fingerprint density at radius 2 is 1.90 bits per heavy atom. The van der Waals surface area contributed by atoms with Crippen molar-refractivity contribution in [1.82, 2.24) is 0 Å². The zero-order chi connectivity index (χ0) is 15.4. The zero-order valence-corrected chi connectivity index (χ0v) is 12.3. The van der Waals surface area contributed by atoms with Crippen molar-refractivity contribution < 1.29 is 14.1 Å². The normalized spacial score (nSPS) is 10.2. The maximum atomic E-state index is 13.3. The van der Waals surface area contributed by atoms with Gasteiger partial charge >= 0.3 is 0 Å². The van der Waals surface area contributed by atoms with E-state index in [0.29, 0.717) is 11.0 Å². The molecule has 0 heterocycles. The third-order valence-corrected chi connectivity index (χ3v) is 3.37. The number of carbonyl (C=O) groups excluding carboxylic acids is 1. The molecular weight excluding hydrogens is 343 g/mol. The Labute approximate surface area is 128 Å². The highest BCUT2D eigenvalue weighted by atomic mass is 79.9. The summed E-state index contributed by atoms with van der Waals surface area (Å²) >= 11 is 3.31. The Balaban J connectivity index is 2.21. The number of halogens is 2. The van der Waals surface area contributed by atoms with Crippen LogP contribution in [0, 0.1) is 15.9 Å². The van der Waals surface area contributed by atoms with Crippen molar-refractivity contribution in [3.05, 3.63) is 69.5 Å². The molecule has 0 aromatic heterocycles. The van der Waals surface area contributed by atoms with E-state index in [1.807, 2.05) is 12.1 Å². The highest BCUT2D eigenvalue weighted by Gasteiger charge is 2.14. The fourth-order valence-electron chi connectivity index (χ4n) is 1.69. The number of rotatable bonds is 4. The van der Waals surface area contributed by atoms with Crippen molar-refractivity contribution in [1.29, 1.82) is 0 Å². The Morgan fingerprint density at radius 3 is 2.48 bits per heavy atom. The van der Waals surface area contributed by atoms with Gasteiger partial charge in [-0.1, -0.05) is 28.1 Å². The third kappa shape index (κ3) is 3.85. The summed E-state index contributed by atoms with van der Waals surface area (Å²) in [6, 6.07) is 9.78. The van der Waals surface area contributed by atoms with E-state index in [2.05, 4.69) is 21.2 Å². The summed E-state index contributed by atoms with van der Waals surface area (Å²) in [5, 5.41) is 13.9. The average molecular weight is 353 g/mol. The molecule has 0 bridgehead atoms. The summed E-state index contributed by atoms with van der Waals surface area (Å²) in [5.74, 6) is -1.44. The molecule has 21 heavy (non-hydrogen) atoms. The standard InChI is InChI=1S/C14H10BrFN2O3/c15-8-9-1-3-12(4-2-9)17-14(19)10-5-11(16)7-13(6-10)18(20)21/h1-7H,8H2,(H,17,19). The number of non-ortho nitro benzene ring substituents is 1. The highest BCUT2D eigenvalue weighted by molar-refractivity contribution is 9.08. The van der Waals surface area contributed by atoms with Gasteiger partial charge in [-0.3, -0.25) is 14.9 Å². The van der Waals surface area contributed by atoms with Gasteiger partial charge in [-0.25, -0.2) is 4.39 Å². The molecular formula is C14H10BrFN2O3. The summed E-state index contributed by atoms with van der Waals surface area (Å²) in [6.07, 6.45) is 0. The molecule has 1 N–H and O–H groups in total. The maximum absolute atomic E-state index is 13.3. The molecule has 0 radical (unpaired) electrons. The SMILES string of the molecule is O=C(Nc1ccc(CBr)cc1)c1cc(F)cc([N+](=O)[O-])c1. The number of hydrogen-bond donors (Lipinski definition) is 1. The van der Waals surface area contributed by atoms with Gasteiger partial charge in [0.2, 0.25) is 0 Å². The molecule has 0 saturated heterocycles. The van der Waals surface area contributed by atoms with Crippen LogP contribution in [-0.4, -0.2) is 10.8 Å². The second-order valence-corrected chi connectivity index (χ2v) is 4.80. The molecule has 0 aliphatic heterocycles. The van der Waals surface area contributed by atoms with E-state index in [1.54, 1.807) is 12.1 Å². The van der Waals surface area contributed by atoms with Crippen LogP contribution in [0.5, 0.6) is 0 Å². The molecule has 2 aromatic carbocycles. The lowest BCUT2D eigenvalue weighted by Crippen LogP contribution is -2.12. The fourth-order valence-corrected chi connectivity index (χ4v) is 2.06. The predicted octanol–water partition coefficient (Wildman–Crippen LogP) is 3.88. The van der Waals surface area contributed by atoms with E-state index in [-0.39, 0.29) is 5.56 Å². The molecule has 2 rings (SSSR count). The van der Waals surface area contributed by atoms with Gasteiger partial charge in [0.1, 0.15) is 5.82 Å². The number of carbonyl (C=O) groups is 1. The summed E-state index contributed by atoms with van der Waals surface area (Å²) < 4.78 is 13.3. The Hall–Kier alpha value is -2.28. The van der Waals surface area contributed by atoms with E-state index in [0.717, 1.165) is 23.8 Å². The fraction of sp³-hybridized carbons (Fsp3) is 0.0714. The molecule has 0 unspecified atom stereocenters. The molecule has 1 amide bonds. The van der Waals surface area contributed by atoms with E-state index in [9.17, 15) is 19.3 Å². The minimum atomic E-state index is -0.830. The quantitative estimate of drug-likeness (QED) is 0.515. The summed E-state index contributed by atoms with van der Waals surface area (Å²) in [6.45, 7) is 0. The molecule has 0 atom stereocenters. The average Bonchev–Trinajstić information content (AvgIpc) is 2.47. The molecule has 0 saturated carbocycles. The van der Waals surface area contributed by atoms with Crippen molar-refractivity contribution in [3.8, 4) is 0 Å². The van der Waals surface area contributed by atoms with E-state index >= 15 is 0 Å². The molecule has 108 valence electrons. The van der Waals surface area contributed by atoms with Crippen LogP contribution < -0.4 is 5.32 Å². The second-order valence-electron chi connectivity index (χ2n) is 4.24. The van der Waals surface area contributed by atoms with Crippen LogP contribution in [-0.2, 0) is 5.33 Å². The Morgan fingerprint density at radius 1 is 1.24 bits per heavy atom. The first-order valence-electron chi connectivity index (χ1n) is 5.91. The van der Waals surface area contributed by atoms with Crippen molar-refractivity contribution in [2.24, 2.45) is 0 Å². The minimum Gasteiger partial charge on any atom is -0.322 e. The molecule has 7 heteroatoms. The molecule has 0 aliphatic carbocycles. The van der Waals surface area contributed by atoms with Gasteiger partial charge in [0.05, 0.1) is 11.0 Å². The molecule has 2 aromatic rings. The van der Waals surface area contributed by atoms with Crippen molar-refractivity contribution >= 4 is 33.2 Å². The molecule has 0 aliphatic rings. The molecule has 5 nitrogen and oxygen atoms in total. The van der Waals surface area contributed by atoms with Gasteiger partial charge in [-0.2, -0.15) is 0 Å². The number of nitrogens with zero attached hydrogens (tertiary/aromatic N) is 1. The zero-order valence-electron chi connectivity index (χ0n) is 10.7. The first-order chi connectivity index (χ1) is 9.99. The monoisotopic (exact) mass is 352 g/mol. The number of hydrogen-bond acceptors (Lipinski definition) is 3. The van der Waals surface area contributed by atoms with Crippen LogP contribution >= 0.6 is 15.9 Å². The number of nitro benzene ring substituents is 1. The largest absolute Gasteiger partial charge is 0.322 e. The van der Waals surface area contributed by atoms with Crippen LogP contribution in [0.3, 0.4) is 0 Å². The van der Waals surface area contributed by atoms with Crippen molar-refractivity contribution in [2.45, 2.75) is 5.33 Å². The minimum absolute atomic E-state index is 0.105. The van der Waals surface area contributed by atoms with Crippen molar-refractivity contribution in [3.63, 3.8) is 0 Å². The van der Waals surface area contributed by atoms with Crippen LogP contribution in [0.25, 0.3) is 0 Å². The van der Waals surface area contributed by atoms with Gasteiger partial charge in [-0.15, -0.1) is 0 Å². The highest BCUT2D eigenvalue weighted by Crippen LogP contribution is 2.18. The topological polar surface area (TPSA) is 72.2 Å². The number of anilines is 1. The van der Waals surface area contributed by atoms with Gasteiger partial charge in [0, 0.05) is 22.6 Å².